The van der Waals surface area contributed by atoms with Gasteiger partial charge in [-0.15, -0.1) is 6.58 Å². The second kappa shape index (κ2) is 9.44. The second-order valence-corrected chi connectivity index (χ2v) is 4.56. The predicted octanol–water partition coefficient (Wildman–Crippen LogP) is 1.22. The molecule has 6 heteroatoms. The highest BCUT2D eigenvalue weighted by Crippen LogP contribution is 2.16. The molecule has 0 heterocycles. The fraction of sp³-hybridized carbons (Fsp3) is 0.375. The van der Waals surface area contributed by atoms with Crippen LogP contribution in [0.15, 0.2) is 36.9 Å². The lowest BCUT2D eigenvalue weighted by Crippen LogP contribution is -2.41. The summed E-state index contributed by atoms with van der Waals surface area (Å²) in [6, 6.07) is 7.16. The normalized spacial score (nSPS) is 9.73. The first kappa shape index (κ1) is 17.6. The number of rotatable bonds is 9. The average molecular weight is 306 g/mol. The van der Waals surface area contributed by atoms with Crippen molar-refractivity contribution in [2.45, 2.75) is 6.92 Å². The lowest BCUT2D eigenvalue weighted by Gasteiger charge is -2.20. The Balaban J connectivity index is 2.41. The van der Waals surface area contributed by atoms with Crippen LogP contribution in [0.2, 0.25) is 0 Å². The summed E-state index contributed by atoms with van der Waals surface area (Å²) in [5.74, 6) is 1.03. The molecule has 0 fully saturated rings. The number of nitrogens with one attached hydrogen (secondary N) is 1. The standard InChI is InChI=1S/C16H22N2O4/c1-4-9-17-16(20)12-18(13(2)19)10-11-22-15-7-5-14(21-3)6-8-15/h4-8H,1,9-12H2,2-3H3,(H,17,20). The summed E-state index contributed by atoms with van der Waals surface area (Å²) in [6.07, 6.45) is 1.59. The van der Waals surface area contributed by atoms with Gasteiger partial charge in [0.25, 0.3) is 0 Å². The highest BCUT2D eigenvalue weighted by Gasteiger charge is 2.13. The Morgan fingerprint density at radius 1 is 1.27 bits per heavy atom. The highest BCUT2D eigenvalue weighted by molar-refractivity contribution is 5.83. The molecule has 0 aromatic heterocycles. The van der Waals surface area contributed by atoms with Crippen LogP contribution >= 0.6 is 0 Å². The summed E-state index contributed by atoms with van der Waals surface area (Å²) >= 11 is 0. The molecule has 0 saturated carbocycles. The number of hydrogen-bond acceptors (Lipinski definition) is 4. The van der Waals surface area contributed by atoms with Gasteiger partial charge in [0.15, 0.2) is 0 Å². The van der Waals surface area contributed by atoms with Gasteiger partial charge < -0.3 is 19.7 Å². The van der Waals surface area contributed by atoms with E-state index < -0.39 is 0 Å². The van der Waals surface area contributed by atoms with Gasteiger partial charge in [0, 0.05) is 13.5 Å². The Kier molecular flexibility index (Phi) is 7.53. The third-order valence-corrected chi connectivity index (χ3v) is 2.91. The lowest BCUT2D eigenvalue weighted by atomic mass is 10.3. The van der Waals surface area contributed by atoms with Gasteiger partial charge in [0.05, 0.1) is 20.2 Å². The number of ether oxygens (including phenoxy) is 2. The zero-order valence-corrected chi connectivity index (χ0v) is 13.0. The third-order valence-electron chi connectivity index (χ3n) is 2.91. The fourth-order valence-corrected chi connectivity index (χ4v) is 1.71. The molecule has 0 unspecified atom stereocenters. The van der Waals surface area contributed by atoms with E-state index in [4.69, 9.17) is 9.47 Å². The average Bonchev–Trinajstić information content (AvgIpc) is 2.52. The van der Waals surface area contributed by atoms with Crippen molar-refractivity contribution in [1.82, 2.24) is 10.2 Å². The minimum Gasteiger partial charge on any atom is -0.497 e. The Hall–Kier alpha value is -2.50. The summed E-state index contributed by atoms with van der Waals surface area (Å²) in [7, 11) is 1.60. The molecule has 0 aliphatic heterocycles. The van der Waals surface area contributed by atoms with E-state index in [2.05, 4.69) is 11.9 Å². The van der Waals surface area contributed by atoms with E-state index in [-0.39, 0.29) is 18.4 Å². The quantitative estimate of drug-likeness (QED) is 0.697. The number of amides is 2. The molecular formula is C16H22N2O4. The van der Waals surface area contributed by atoms with Crippen LogP contribution in [0, 0.1) is 0 Å². The Morgan fingerprint density at radius 3 is 2.45 bits per heavy atom. The van der Waals surface area contributed by atoms with Crippen LogP contribution in [-0.2, 0) is 9.59 Å². The summed E-state index contributed by atoms with van der Waals surface area (Å²) < 4.78 is 10.6. The van der Waals surface area contributed by atoms with Gasteiger partial charge in [-0.25, -0.2) is 0 Å². The van der Waals surface area contributed by atoms with Crippen molar-refractivity contribution >= 4 is 11.8 Å². The zero-order chi connectivity index (χ0) is 16.4. The van der Waals surface area contributed by atoms with Crippen molar-refractivity contribution in [2.75, 3.05) is 33.4 Å². The Morgan fingerprint density at radius 2 is 1.91 bits per heavy atom. The van der Waals surface area contributed by atoms with E-state index in [0.717, 1.165) is 5.75 Å². The molecular weight excluding hydrogens is 284 g/mol. The van der Waals surface area contributed by atoms with Crippen LogP contribution < -0.4 is 14.8 Å². The van der Waals surface area contributed by atoms with Crippen LogP contribution in [0.3, 0.4) is 0 Å². The molecule has 0 spiro atoms. The maximum atomic E-state index is 11.6. The van der Waals surface area contributed by atoms with Crippen molar-refractivity contribution in [3.63, 3.8) is 0 Å². The first-order valence-electron chi connectivity index (χ1n) is 6.96. The molecule has 1 aromatic rings. The summed E-state index contributed by atoms with van der Waals surface area (Å²) in [5.41, 5.74) is 0. The van der Waals surface area contributed by atoms with Gasteiger partial charge >= 0.3 is 0 Å². The smallest absolute Gasteiger partial charge is 0.239 e. The Labute approximate surface area is 130 Å². The van der Waals surface area contributed by atoms with Gasteiger partial charge in [-0.05, 0) is 24.3 Å². The van der Waals surface area contributed by atoms with Gasteiger partial charge in [-0.3, -0.25) is 9.59 Å². The predicted molar refractivity (Wildman–Crippen MR) is 83.9 cm³/mol. The van der Waals surface area contributed by atoms with Crippen LogP contribution in [0.25, 0.3) is 0 Å². The third kappa shape index (κ3) is 6.30. The van der Waals surface area contributed by atoms with Gasteiger partial charge in [0.2, 0.25) is 11.8 Å². The molecule has 0 aliphatic carbocycles. The number of nitrogens with zero attached hydrogens (tertiary/aromatic N) is 1. The van der Waals surface area contributed by atoms with E-state index in [0.29, 0.717) is 25.4 Å². The first-order chi connectivity index (χ1) is 10.6. The number of benzene rings is 1. The highest BCUT2D eigenvalue weighted by atomic mass is 16.5. The molecule has 22 heavy (non-hydrogen) atoms. The van der Waals surface area contributed by atoms with E-state index >= 15 is 0 Å². The summed E-state index contributed by atoms with van der Waals surface area (Å²) in [4.78, 5) is 24.6. The van der Waals surface area contributed by atoms with Crippen molar-refractivity contribution in [2.24, 2.45) is 0 Å². The number of methoxy groups -OCH3 is 1. The first-order valence-corrected chi connectivity index (χ1v) is 6.96. The van der Waals surface area contributed by atoms with Crippen molar-refractivity contribution in [3.8, 4) is 11.5 Å². The topological polar surface area (TPSA) is 67.9 Å². The molecule has 0 radical (unpaired) electrons. The molecule has 0 saturated heterocycles. The van der Waals surface area contributed by atoms with Crippen LogP contribution in [0.1, 0.15) is 6.92 Å². The second-order valence-electron chi connectivity index (χ2n) is 4.56. The zero-order valence-electron chi connectivity index (χ0n) is 13.0. The largest absolute Gasteiger partial charge is 0.497 e. The van der Waals surface area contributed by atoms with Crippen molar-refractivity contribution in [1.29, 1.82) is 0 Å². The number of hydrogen-bond donors (Lipinski definition) is 1. The van der Waals surface area contributed by atoms with Gasteiger partial charge in [-0.2, -0.15) is 0 Å². The minimum atomic E-state index is -0.223. The van der Waals surface area contributed by atoms with Crippen molar-refractivity contribution in [3.05, 3.63) is 36.9 Å². The van der Waals surface area contributed by atoms with E-state index in [1.54, 1.807) is 37.5 Å². The van der Waals surface area contributed by atoms with Gasteiger partial charge in [-0.1, -0.05) is 6.08 Å². The van der Waals surface area contributed by atoms with Crippen LogP contribution in [-0.4, -0.2) is 50.1 Å². The van der Waals surface area contributed by atoms with Gasteiger partial charge in [0.1, 0.15) is 18.1 Å². The summed E-state index contributed by atoms with van der Waals surface area (Å²) in [5, 5.41) is 2.63. The van der Waals surface area contributed by atoms with Crippen LogP contribution in [0.5, 0.6) is 11.5 Å². The SMILES string of the molecule is C=CCNC(=O)CN(CCOc1ccc(OC)cc1)C(C)=O. The molecule has 0 bridgehead atoms. The lowest BCUT2D eigenvalue weighted by molar-refractivity contribution is -0.134. The molecule has 6 nitrogen and oxygen atoms in total. The maximum Gasteiger partial charge on any atom is 0.239 e. The van der Waals surface area contributed by atoms with E-state index in [1.165, 1.54) is 11.8 Å². The minimum absolute atomic E-state index is 0.00907. The monoisotopic (exact) mass is 306 g/mol. The molecule has 0 aliphatic rings. The van der Waals surface area contributed by atoms with Crippen molar-refractivity contribution < 1.29 is 19.1 Å². The maximum absolute atomic E-state index is 11.6. The molecule has 0 atom stereocenters. The molecule has 1 N–H and O–H groups in total. The molecule has 1 aromatic carbocycles. The molecule has 1 rings (SSSR count). The van der Waals surface area contributed by atoms with Crippen LogP contribution in [0.4, 0.5) is 0 Å². The molecule has 2 amide bonds. The molecule has 120 valence electrons. The summed E-state index contributed by atoms with van der Waals surface area (Å²) in [6.45, 7) is 5.98. The van der Waals surface area contributed by atoms with E-state index in [9.17, 15) is 9.59 Å². The van der Waals surface area contributed by atoms with E-state index in [1.807, 2.05) is 0 Å². The fourth-order valence-electron chi connectivity index (χ4n) is 1.71. The Bertz CT molecular complexity index is 499. The number of carbonyl (C=O) groups is 2. The number of carbonyl (C=O) groups excluding carboxylic acids is 2.